The van der Waals surface area contributed by atoms with Crippen molar-refractivity contribution >= 4 is 51.9 Å². The van der Waals surface area contributed by atoms with Crippen LogP contribution in [0.4, 0.5) is 5.69 Å². The predicted octanol–water partition coefficient (Wildman–Crippen LogP) is 2.50. The lowest BCUT2D eigenvalue weighted by molar-refractivity contribution is -0.137. The Morgan fingerprint density at radius 1 is 1.22 bits per heavy atom. The molecule has 1 aromatic carbocycles. The number of rotatable bonds is 6. The van der Waals surface area contributed by atoms with E-state index >= 15 is 0 Å². The molecular formula is C19H23N3O3S2. The van der Waals surface area contributed by atoms with Crippen LogP contribution in [0.3, 0.4) is 0 Å². The van der Waals surface area contributed by atoms with Gasteiger partial charge in [-0.15, -0.1) is 0 Å². The Hall–Kier alpha value is -1.90. The molecular weight excluding hydrogens is 382 g/mol. The number of nitrogens with zero attached hydrogens (tertiary/aromatic N) is 3. The van der Waals surface area contributed by atoms with Gasteiger partial charge in [0.05, 0.1) is 4.91 Å². The second-order valence-corrected chi connectivity index (χ2v) is 8.39. The normalized spacial score (nSPS) is 20.0. The molecule has 2 aliphatic rings. The molecule has 0 bridgehead atoms. The zero-order valence-electron chi connectivity index (χ0n) is 15.3. The highest BCUT2D eigenvalue weighted by molar-refractivity contribution is 8.26. The first-order chi connectivity index (χ1) is 12.9. The van der Waals surface area contributed by atoms with Crippen molar-refractivity contribution in [3.63, 3.8) is 0 Å². The standard InChI is InChI=1S/C19H23N3O3S2/c1-20-9-11-21(12-10-20)15-6-4-14(5-7-15)13-16-18(25)22(19(26)27-16)8-2-3-17(23)24/h4-7,13H,2-3,8-12H2,1H3,(H,23,24). The summed E-state index contributed by atoms with van der Waals surface area (Å²) >= 11 is 6.55. The van der Waals surface area contributed by atoms with E-state index in [0.29, 0.717) is 22.2 Å². The van der Waals surface area contributed by atoms with Crippen molar-refractivity contribution in [1.82, 2.24) is 9.80 Å². The Morgan fingerprint density at radius 3 is 2.52 bits per heavy atom. The third-order valence-corrected chi connectivity index (χ3v) is 6.08. The predicted molar refractivity (Wildman–Crippen MR) is 113 cm³/mol. The van der Waals surface area contributed by atoms with Crippen LogP contribution in [-0.2, 0) is 9.59 Å². The van der Waals surface area contributed by atoms with E-state index in [1.165, 1.54) is 22.3 Å². The number of likely N-dealkylation sites (N-methyl/N-ethyl adjacent to an activating group) is 1. The topological polar surface area (TPSA) is 64.1 Å². The van der Waals surface area contributed by atoms with Crippen LogP contribution in [0.25, 0.3) is 6.08 Å². The minimum absolute atomic E-state index is 0.0316. The number of thiocarbonyl (C=S) groups is 1. The second kappa shape index (κ2) is 8.86. The number of carbonyl (C=O) groups excluding carboxylic acids is 1. The SMILES string of the molecule is CN1CCN(c2ccc(C=C3SC(=S)N(CCCC(=O)O)C3=O)cc2)CC1. The van der Waals surface area contributed by atoms with Crippen LogP contribution in [0.15, 0.2) is 29.2 Å². The molecule has 2 aliphatic heterocycles. The van der Waals surface area contributed by atoms with Crippen molar-refractivity contribution in [2.45, 2.75) is 12.8 Å². The summed E-state index contributed by atoms with van der Waals surface area (Å²) in [4.78, 5) is 29.9. The highest BCUT2D eigenvalue weighted by Gasteiger charge is 2.31. The fraction of sp³-hybridized carbons (Fsp3) is 0.421. The largest absolute Gasteiger partial charge is 0.481 e. The maximum Gasteiger partial charge on any atom is 0.303 e. The first-order valence-corrected chi connectivity index (χ1v) is 10.2. The molecule has 0 radical (unpaired) electrons. The second-order valence-electron chi connectivity index (χ2n) is 6.71. The molecule has 2 saturated heterocycles. The molecule has 1 aromatic rings. The van der Waals surface area contributed by atoms with E-state index < -0.39 is 5.97 Å². The van der Waals surface area contributed by atoms with Crippen molar-refractivity contribution in [3.05, 3.63) is 34.7 Å². The van der Waals surface area contributed by atoms with Gasteiger partial charge in [-0.1, -0.05) is 36.1 Å². The number of amides is 1. The molecule has 1 N–H and O–H groups in total. The Bertz CT molecular complexity index is 756. The highest BCUT2D eigenvalue weighted by Crippen LogP contribution is 2.33. The summed E-state index contributed by atoms with van der Waals surface area (Å²) in [5, 5.41) is 8.74. The number of hydrogen-bond donors (Lipinski definition) is 1. The average molecular weight is 406 g/mol. The number of carbonyl (C=O) groups is 2. The van der Waals surface area contributed by atoms with Gasteiger partial charge in [0.15, 0.2) is 0 Å². The molecule has 0 spiro atoms. The Labute approximate surface area is 168 Å². The van der Waals surface area contributed by atoms with Crippen LogP contribution < -0.4 is 4.90 Å². The number of anilines is 1. The van der Waals surface area contributed by atoms with Crippen molar-refractivity contribution in [1.29, 1.82) is 0 Å². The summed E-state index contributed by atoms with van der Waals surface area (Å²) in [6.07, 6.45) is 2.28. The minimum atomic E-state index is -0.864. The third-order valence-electron chi connectivity index (χ3n) is 4.71. The molecule has 0 unspecified atom stereocenters. The van der Waals surface area contributed by atoms with Crippen LogP contribution in [-0.4, -0.2) is 70.9 Å². The molecule has 0 aliphatic carbocycles. The van der Waals surface area contributed by atoms with Gasteiger partial charge in [-0.25, -0.2) is 0 Å². The fourth-order valence-electron chi connectivity index (χ4n) is 3.08. The Morgan fingerprint density at radius 2 is 1.89 bits per heavy atom. The van der Waals surface area contributed by atoms with Crippen molar-refractivity contribution in [2.75, 3.05) is 44.7 Å². The summed E-state index contributed by atoms with van der Waals surface area (Å²) < 4.78 is 0.491. The molecule has 0 aromatic heterocycles. The summed E-state index contributed by atoms with van der Waals surface area (Å²) in [6, 6.07) is 8.21. The number of piperazine rings is 1. The molecule has 144 valence electrons. The van der Waals surface area contributed by atoms with Gasteiger partial charge in [-0.2, -0.15) is 0 Å². The van der Waals surface area contributed by atoms with Gasteiger partial charge < -0.3 is 14.9 Å². The molecule has 1 amide bonds. The molecule has 6 nitrogen and oxygen atoms in total. The first-order valence-electron chi connectivity index (χ1n) is 8.95. The first kappa shape index (κ1) is 19.9. The van der Waals surface area contributed by atoms with Crippen molar-refractivity contribution in [2.24, 2.45) is 0 Å². The van der Waals surface area contributed by atoms with E-state index in [1.807, 2.05) is 18.2 Å². The van der Waals surface area contributed by atoms with E-state index in [4.69, 9.17) is 17.3 Å². The molecule has 0 saturated carbocycles. The zero-order valence-corrected chi connectivity index (χ0v) is 16.9. The van der Waals surface area contributed by atoms with Gasteiger partial charge in [-0.05, 0) is 37.2 Å². The van der Waals surface area contributed by atoms with E-state index in [0.717, 1.165) is 31.7 Å². The molecule has 0 atom stereocenters. The number of thioether (sulfide) groups is 1. The molecule has 8 heteroatoms. The Balaban J connectivity index is 1.63. The number of aliphatic carboxylic acids is 1. The minimum Gasteiger partial charge on any atom is -0.481 e. The van der Waals surface area contributed by atoms with Crippen LogP contribution in [0.5, 0.6) is 0 Å². The smallest absolute Gasteiger partial charge is 0.303 e. The van der Waals surface area contributed by atoms with Crippen LogP contribution in [0, 0.1) is 0 Å². The van der Waals surface area contributed by atoms with E-state index in [2.05, 4.69) is 29.0 Å². The van der Waals surface area contributed by atoms with E-state index in [9.17, 15) is 9.59 Å². The molecule has 2 heterocycles. The molecule has 27 heavy (non-hydrogen) atoms. The van der Waals surface area contributed by atoms with Crippen LogP contribution >= 0.6 is 24.0 Å². The maximum absolute atomic E-state index is 12.5. The molecule has 3 rings (SSSR count). The van der Waals surface area contributed by atoms with E-state index in [-0.39, 0.29) is 12.3 Å². The van der Waals surface area contributed by atoms with Gasteiger partial charge in [0.25, 0.3) is 5.91 Å². The highest BCUT2D eigenvalue weighted by atomic mass is 32.2. The van der Waals surface area contributed by atoms with Crippen molar-refractivity contribution in [3.8, 4) is 0 Å². The van der Waals surface area contributed by atoms with Gasteiger partial charge in [0.2, 0.25) is 0 Å². The van der Waals surface area contributed by atoms with Crippen molar-refractivity contribution < 1.29 is 14.7 Å². The average Bonchev–Trinajstić information content (AvgIpc) is 2.90. The van der Waals surface area contributed by atoms with Gasteiger partial charge in [0, 0.05) is 44.8 Å². The summed E-state index contributed by atoms with van der Waals surface area (Å²) in [6.45, 7) is 4.50. The third kappa shape index (κ3) is 5.09. The quantitative estimate of drug-likeness (QED) is 0.576. The number of hydrogen-bond acceptors (Lipinski definition) is 6. The summed E-state index contributed by atoms with van der Waals surface area (Å²) in [5.74, 6) is -1.00. The lowest BCUT2D eigenvalue weighted by Gasteiger charge is -2.34. The van der Waals surface area contributed by atoms with Gasteiger partial charge >= 0.3 is 5.97 Å². The number of carboxylic acid groups (broad SMARTS) is 1. The zero-order chi connectivity index (χ0) is 19.4. The van der Waals surface area contributed by atoms with Gasteiger partial charge in [-0.3, -0.25) is 14.5 Å². The lowest BCUT2D eigenvalue weighted by Crippen LogP contribution is -2.44. The van der Waals surface area contributed by atoms with E-state index in [1.54, 1.807) is 0 Å². The fourth-order valence-corrected chi connectivity index (χ4v) is 4.39. The number of carboxylic acids is 1. The van der Waals surface area contributed by atoms with Crippen LogP contribution in [0.2, 0.25) is 0 Å². The van der Waals surface area contributed by atoms with Crippen LogP contribution in [0.1, 0.15) is 18.4 Å². The Kier molecular flexibility index (Phi) is 6.51. The monoisotopic (exact) mass is 405 g/mol. The van der Waals surface area contributed by atoms with Gasteiger partial charge in [0.1, 0.15) is 4.32 Å². The summed E-state index contributed by atoms with van der Waals surface area (Å²) in [7, 11) is 2.14. The molecule has 2 fully saturated rings. The summed E-state index contributed by atoms with van der Waals surface area (Å²) in [5.41, 5.74) is 2.15. The number of benzene rings is 1. The maximum atomic E-state index is 12.5. The lowest BCUT2D eigenvalue weighted by atomic mass is 10.1.